The molecule has 0 unspecified atom stereocenters. The molecule has 0 N–H and O–H groups in total. The summed E-state index contributed by atoms with van der Waals surface area (Å²) in [6.07, 6.45) is 1.39. The van der Waals surface area contributed by atoms with E-state index in [4.69, 9.17) is 4.74 Å². The van der Waals surface area contributed by atoms with Crippen LogP contribution in [0.2, 0.25) is 0 Å². The maximum absolute atomic E-state index is 10.3. The summed E-state index contributed by atoms with van der Waals surface area (Å²) in [4.78, 5) is 10.3. The summed E-state index contributed by atoms with van der Waals surface area (Å²) in [5.41, 5.74) is 0. The van der Waals surface area contributed by atoms with Crippen molar-refractivity contribution in [3.63, 3.8) is 0 Å². The Kier molecular flexibility index (Phi) is 12.9. The Morgan fingerprint density at radius 2 is 2.00 bits per heavy atom. The van der Waals surface area contributed by atoms with Gasteiger partial charge in [-0.15, -0.1) is 0 Å². The van der Waals surface area contributed by atoms with Crippen molar-refractivity contribution in [3.8, 4) is 0 Å². The monoisotopic (exact) mass is 155 g/mol. The van der Waals surface area contributed by atoms with Crippen LogP contribution in [0.3, 0.4) is 0 Å². The average molecular weight is 155 g/mol. The van der Waals surface area contributed by atoms with Crippen LogP contribution in [0.4, 0.5) is 0 Å². The summed E-state index contributed by atoms with van der Waals surface area (Å²) in [5.74, 6) is -0.105. The molecule has 0 aliphatic heterocycles. The molecule has 0 saturated carbocycles. The second-order valence-electron chi connectivity index (χ2n) is 1.57. The topological polar surface area (TPSA) is 26.3 Å². The number of carbonyl (C=O) groups excluding carboxylic acids is 1. The quantitative estimate of drug-likeness (QED) is 0.448. The zero-order chi connectivity index (χ0) is 6.41. The van der Waals surface area contributed by atoms with Gasteiger partial charge in [0, 0.05) is 57.8 Å². The normalized spacial score (nSPS) is 7.78. The van der Waals surface area contributed by atoms with Gasteiger partial charge in [0.25, 0.3) is 0 Å². The Labute approximate surface area is 98.8 Å². The van der Waals surface area contributed by atoms with E-state index in [1.807, 2.05) is 6.92 Å². The van der Waals surface area contributed by atoms with Gasteiger partial charge in [-0.1, -0.05) is 13.8 Å². The van der Waals surface area contributed by atoms with Crippen LogP contribution in [0.5, 0.6) is 0 Å². The van der Waals surface area contributed by atoms with Gasteiger partial charge in [0.1, 0.15) is 0 Å². The molecular weight excluding hydrogens is 143 g/mol. The molecule has 0 rings (SSSR count). The van der Waals surface area contributed by atoms with Gasteiger partial charge in [0.05, 0.1) is 6.61 Å². The molecule has 49 valence electrons. The number of esters is 1. The fraction of sp³-hybridized carbons (Fsp3) is 0.833. The minimum absolute atomic E-state index is 0. The van der Waals surface area contributed by atoms with E-state index in [-0.39, 0.29) is 57.4 Å². The van der Waals surface area contributed by atoms with Gasteiger partial charge in [-0.2, -0.15) is 0 Å². The summed E-state index contributed by atoms with van der Waals surface area (Å²) in [7, 11) is 0. The summed E-state index contributed by atoms with van der Waals surface area (Å²) in [6.45, 7) is 4.33. The Balaban J connectivity index is 0. The molecule has 9 heavy (non-hydrogen) atoms. The van der Waals surface area contributed by atoms with Gasteiger partial charge >= 0.3 is 5.97 Å². The zero-order valence-corrected chi connectivity index (χ0v) is 9.56. The van der Waals surface area contributed by atoms with Crippen molar-refractivity contribution < 1.29 is 9.53 Å². The Bertz CT molecular complexity index is 73.5. The van der Waals surface area contributed by atoms with Crippen LogP contribution < -0.4 is 0 Å². The first kappa shape index (κ1) is 12.8. The van der Waals surface area contributed by atoms with Crippen LogP contribution in [0.15, 0.2) is 0 Å². The van der Waals surface area contributed by atoms with E-state index in [1.54, 1.807) is 6.92 Å². The van der Waals surface area contributed by atoms with Gasteiger partial charge < -0.3 is 4.74 Å². The second kappa shape index (κ2) is 9.11. The zero-order valence-electron chi connectivity index (χ0n) is 6.44. The van der Waals surface area contributed by atoms with Crippen LogP contribution in [0.25, 0.3) is 0 Å². The number of carbonyl (C=O) groups is 1. The van der Waals surface area contributed by atoms with Crippen LogP contribution in [-0.2, 0) is 9.53 Å². The van der Waals surface area contributed by atoms with Gasteiger partial charge in [0.15, 0.2) is 0 Å². The third-order valence-corrected chi connectivity index (χ3v) is 0.756. The van der Waals surface area contributed by atoms with Gasteiger partial charge in [-0.25, -0.2) is 0 Å². The van der Waals surface area contributed by atoms with Crippen LogP contribution >= 0.6 is 0 Å². The van der Waals surface area contributed by atoms with Gasteiger partial charge in [-0.05, 0) is 6.42 Å². The largest absolute Gasteiger partial charge is 0.466 e. The van der Waals surface area contributed by atoms with Crippen molar-refractivity contribution in [3.05, 3.63) is 0 Å². The minimum atomic E-state index is -0.105. The fourth-order valence-electron chi connectivity index (χ4n) is 0.318. The average Bonchev–Trinajstić information content (AvgIpc) is 1.83. The van der Waals surface area contributed by atoms with E-state index in [0.717, 1.165) is 6.42 Å². The molecule has 0 aliphatic carbocycles. The van der Waals surface area contributed by atoms with E-state index in [2.05, 4.69) is 0 Å². The molecule has 0 aromatic carbocycles. The Morgan fingerprint density at radius 3 is 2.33 bits per heavy atom. The Morgan fingerprint density at radius 1 is 1.44 bits per heavy atom. The first-order chi connectivity index (χ1) is 3.81. The molecular formula is C6H12KO2. The fourth-order valence-corrected chi connectivity index (χ4v) is 0.318. The van der Waals surface area contributed by atoms with E-state index in [1.165, 1.54) is 0 Å². The second-order valence-corrected chi connectivity index (χ2v) is 1.57. The number of hydrogen-bond acceptors (Lipinski definition) is 2. The van der Waals surface area contributed by atoms with E-state index in [0.29, 0.717) is 13.0 Å². The third kappa shape index (κ3) is 9.11. The summed E-state index contributed by atoms with van der Waals surface area (Å²) in [6, 6.07) is 0. The van der Waals surface area contributed by atoms with Crippen molar-refractivity contribution in [1.82, 2.24) is 0 Å². The molecule has 0 amide bonds. The minimum Gasteiger partial charge on any atom is -0.466 e. The van der Waals surface area contributed by atoms with E-state index >= 15 is 0 Å². The predicted molar refractivity (Wildman–Crippen MR) is 37.3 cm³/mol. The number of rotatable bonds is 3. The summed E-state index contributed by atoms with van der Waals surface area (Å²) >= 11 is 0. The third-order valence-electron chi connectivity index (χ3n) is 0.756. The summed E-state index contributed by atoms with van der Waals surface area (Å²) < 4.78 is 4.70. The number of hydrogen-bond donors (Lipinski definition) is 0. The summed E-state index contributed by atoms with van der Waals surface area (Å²) in [5, 5.41) is 0. The first-order valence-corrected chi connectivity index (χ1v) is 2.96. The standard InChI is InChI=1S/C6H12O2.K/c1-3-5-8-6(7)4-2;/h3-5H2,1-2H3;. The van der Waals surface area contributed by atoms with Crippen LogP contribution in [0, 0.1) is 0 Å². The maximum Gasteiger partial charge on any atom is 0.305 e. The predicted octanol–water partition coefficient (Wildman–Crippen LogP) is 0.969. The maximum atomic E-state index is 10.3. The van der Waals surface area contributed by atoms with Crippen LogP contribution in [-0.4, -0.2) is 64.0 Å². The van der Waals surface area contributed by atoms with Crippen molar-refractivity contribution in [2.24, 2.45) is 0 Å². The Hall–Kier alpha value is 1.11. The molecule has 0 atom stereocenters. The number of ether oxygens (including phenoxy) is 1. The first-order valence-electron chi connectivity index (χ1n) is 2.96. The van der Waals surface area contributed by atoms with E-state index < -0.39 is 0 Å². The van der Waals surface area contributed by atoms with Crippen molar-refractivity contribution in [2.75, 3.05) is 6.61 Å². The molecule has 0 fully saturated rings. The van der Waals surface area contributed by atoms with E-state index in [9.17, 15) is 4.79 Å². The smallest absolute Gasteiger partial charge is 0.305 e. The van der Waals surface area contributed by atoms with Gasteiger partial charge in [-0.3, -0.25) is 4.79 Å². The molecule has 3 heteroatoms. The molecule has 0 saturated heterocycles. The molecule has 0 aromatic heterocycles. The molecule has 0 heterocycles. The van der Waals surface area contributed by atoms with Crippen molar-refractivity contribution in [1.29, 1.82) is 0 Å². The van der Waals surface area contributed by atoms with Crippen molar-refractivity contribution in [2.45, 2.75) is 26.7 Å². The SMILES string of the molecule is CCCOC(=O)CC.[K]. The molecule has 0 aromatic rings. The van der Waals surface area contributed by atoms with Crippen molar-refractivity contribution >= 4 is 57.4 Å². The molecule has 0 aliphatic rings. The molecule has 2 nitrogen and oxygen atoms in total. The van der Waals surface area contributed by atoms with Gasteiger partial charge in [0.2, 0.25) is 0 Å². The molecule has 0 spiro atoms. The molecule has 1 radical (unpaired) electrons. The molecule has 0 bridgehead atoms. The van der Waals surface area contributed by atoms with Crippen LogP contribution in [0.1, 0.15) is 26.7 Å².